The number of aliphatic hydroxyl groups excluding tert-OH is 1. The quantitative estimate of drug-likeness (QED) is 0.172. The number of allylic oxidation sites excluding steroid dienone is 2. The normalized spacial score (nSPS) is 16.2. The minimum Gasteiger partial charge on any atom is -0.497 e. The number of methoxy groups -OCH3 is 2. The summed E-state index contributed by atoms with van der Waals surface area (Å²) in [4.78, 5) is 13.1. The van der Waals surface area contributed by atoms with Crippen molar-refractivity contribution in [1.82, 2.24) is 0 Å². The minimum absolute atomic E-state index is 0. The van der Waals surface area contributed by atoms with Crippen LogP contribution in [0.15, 0.2) is 72.4 Å². The van der Waals surface area contributed by atoms with Gasteiger partial charge in [-0.3, -0.25) is 5.41 Å². The van der Waals surface area contributed by atoms with Crippen LogP contribution in [-0.4, -0.2) is 44.0 Å². The number of carbonyl (C=O) groups excluding carboxylic acids is 1. The third-order valence-corrected chi connectivity index (χ3v) is 6.64. The molecule has 213 valence electrons. The molecule has 0 spiro atoms. The molecule has 0 aromatic heterocycles. The minimum atomic E-state index is -0.588. The molecule has 4 rings (SSSR count). The van der Waals surface area contributed by atoms with Crippen LogP contribution in [0.4, 0.5) is 14.5 Å². The van der Waals surface area contributed by atoms with Crippen molar-refractivity contribution >= 4 is 23.8 Å². The summed E-state index contributed by atoms with van der Waals surface area (Å²) < 4.78 is 37.5. The van der Waals surface area contributed by atoms with Crippen molar-refractivity contribution in [3.8, 4) is 5.75 Å². The summed E-state index contributed by atoms with van der Waals surface area (Å²) in [7, 11) is 2.91. The third-order valence-electron chi connectivity index (χ3n) is 6.64. The fourth-order valence-corrected chi connectivity index (χ4v) is 4.69. The molecule has 0 aliphatic carbocycles. The van der Waals surface area contributed by atoms with Gasteiger partial charge in [-0.2, -0.15) is 0 Å². The third kappa shape index (κ3) is 6.75. The SMILES string of the molecule is CCN1/C(=C\C=N)C(C)(Cc2ccc(F)cc2F)c2cc(OC)ccc21.COC(=O)c1ccc(C(=N)O)cc1.[Co]. The zero-order valence-electron chi connectivity index (χ0n) is 22.6. The zero-order chi connectivity index (χ0) is 28.7. The average Bonchev–Trinajstić information content (AvgIpc) is 3.16. The van der Waals surface area contributed by atoms with Crippen LogP contribution in [-0.2, 0) is 33.4 Å². The number of benzene rings is 3. The smallest absolute Gasteiger partial charge is 0.337 e. The zero-order valence-corrected chi connectivity index (χ0v) is 23.6. The van der Waals surface area contributed by atoms with Crippen LogP contribution >= 0.6 is 0 Å². The number of aliphatic hydroxyl groups is 1. The molecule has 1 aliphatic heterocycles. The van der Waals surface area contributed by atoms with E-state index < -0.39 is 28.9 Å². The Kier molecular flexibility index (Phi) is 11.2. The molecule has 3 aromatic rings. The van der Waals surface area contributed by atoms with Crippen molar-refractivity contribution in [3.63, 3.8) is 0 Å². The van der Waals surface area contributed by atoms with E-state index in [1.165, 1.54) is 49.7 Å². The number of rotatable bonds is 7. The molecule has 1 heterocycles. The molecule has 3 N–H and O–H groups in total. The Bertz CT molecular complexity index is 1410. The van der Waals surface area contributed by atoms with Crippen LogP contribution < -0.4 is 9.64 Å². The second kappa shape index (κ2) is 13.9. The van der Waals surface area contributed by atoms with Crippen LogP contribution in [0, 0.1) is 22.5 Å². The number of ether oxygens (including phenoxy) is 2. The number of nitrogens with zero attached hydrogens (tertiary/aromatic N) is 1. The van der Waals surface area contributed by atoms with E-state index in [0.717, 1.165) is 35.3 Å². The topological polar surface area (TPSA) is 107 Å². The van der Waals surface area contributed by atoms with Crippen molar-refractivity contribution < 1.29 is 44.9 Å². The summed E-state index contributed by atoms with van der Waals surface area (Å²) in [6.07, 6.45) is 3.35. The van der Waals surface area contributed by atoms with Gasteiger partial charge in [0.15, 0.2) is 0 Å². The first-order chi connectivity index (χ1) is 18.6. The fraction of sp³-hybridized carbons (Fsp3) is 0.233. The van der Waals surface area contributed by atoms with Gasteiger partial charge < -0.3 is 24.9 Å². The van der Waals surface area contributed by atoms with Gasteiger partial charge in [0.2, 0.25) is 5.90 Å². The fourth-order valence-electron chi connectivity index (χ4n) is 4.69. The van der Waals surface area contributed by atoms with E-state index in [-0.39, 0.29) is 16.8 Å². The first-order valence-electron chi connectivity index (χ1n) is 12.2. The molecule has 1 aliphatic rings. The Labute approximate surface area is 242 Å². The van der Waals surface area contributed by atoms with Crippen LogP contribution in [0.5, 0.6) is 5.75 Å². The predicted molar refractivity (Wildman–Crippen MR) is 148 cm³/mol. The Balaban J connectivity index is 0.000000339. The summed E-state index contributed by atoms with van der Waals surface area (Å²) >= 11 is 0. The van der Waals surface area contributed by atoms with Gasteiger partial charge in [0.05, 0.1) is 19.8 Å². The second-order valence-corrected chi connectivity index (χ2v) is 9.01. The molecule has 40 heavy (non-hydrogen) atoms. The second-order valence-electron chi connectivity index (χ2n) is 9.01. The van der Waals surface area contributed by atoms with E-state index >= 15 is 0 Å². The van der Waals surface area contributed by atoms with Crippen molar-refractivity contribution in [1.29, 1.82) is 10.8 Å². The Hall–Kier alpha value is -4.02. The van der Waals surface area contributed by atoms with Crippen LogP contribution in [0.3, 0.4) is 0 Å². The number of hydrogen-bond donors (Lipinski definition) is 3. The summed E-state index contributed by atoms with van der Waals surface area (Å²) in [5.74, 6) is -1.37. The average molecular weight is 595 g/mol. The van der Waals surface area contributed by atoms with Gasteiger partial charge in [-0.1, -0.05) is 6.07 Å². The summed E-state index contributed by atoms with van der Waals surface area (Å²) in [6.45, 7) is 4.79. The van der Waals surface area contributed by atoms with Gasteiger partial charge in [0, 0.05) is 58.0 Å². The van der Waals surface area contributed by atoms with E-state index in [4.69, 9.17) is 20.7 Å². The van der Waals surface area contributed by atoms with Gasteiger partial charge in [-0.25, -0.2) is 13.6 Å². The first kappa shape index (κ1) is 32.2. The maximum absolute atomic E-state index is 14.3. The molecule has 1 radical (unpaired) electrons. The molecule has 0 bridgehead atoms. The number of hydrogen-bond acceptors (Lipinski definition) is 6. The Morgan fingerprint density at radius 3 is 2.23 bits per heavy atom. The first-order valence-corrected chi connectivity index (χ1v) is 12.2. The molecule has 7 nitrogen and oxygen atoms in total. The van der Waals surface area contributed by atoms with Crippen molar-refractivity contribution in [3.05, 3.63) is 106 Å². The molecule has 0 amide bonds. The molecular formula is C30H31CoF2N3O4. The number of carbonyl (C=O) groups is 1. The Morgan fingerprint density at radius 2 is 1.70 bits per heavy atom. The van der Waals surface area contributed by atoms with Crippen molar-refractivity contribution in [2.45, 2.75) is 25.7 Å². The van der Waals surface area contributed by atoms with Crippen molar-refractivity contribution in [2.75, 3.05) is 25.7 Å². The molecule has 0 saturated heterocycles. The van der Waals surface area contributed by atoms with Gasteiger partial charge >= 0.3 is 5.97 Å². The van der Waals surface area contributed by atoms with E-state index in [1.54, 1.807) is 13.2 Å². The monoisotopic (exact) mass is 594 g/mol. The molecule has 1 unspecified atom stereocenters. The number of anilines is 1. The van der Waals surface area contributed by atoms with Crippen molar-refractivity contribution in [2.24, 2.45) is 0 Å². The standard InChI is InChI=1S/C21H22F2N2O.C9H9NO3.Co/c1-4-25-19-8-7-16(26-3)12-17(19)21(2,20(25)9-10-24)13-14-5-6-15(22)11-18(14)23;1-13-9(12)7-4-2-6(3-5-7)8(10)11;/h5-12,24H,4,13H2,1-3H3;2-5H,1H3,(H2,10,11);/b20-9-,24-10?;;. The predicted octanol–water partition coefficient (Wildman–Crippen LogP) is 6.20. The molecule has 10 heteroatoms. The molecule has 0 fully saturated rings. The van der Waals surface area contributed by atoms with E-state index in [9.17, 15) is 13.6 Å². The maximum atomic E-state index is 14.3. The summed E-state index contributed by atoms with van der Waals surface area (Å²) in [5.41, 5.74) is 3.59. The molecular weight excluding hydrogens is 563 g/mol. The number of esters is 1. The van der Waals surface area contributed by atoms with Gasteiger partial charge in [-0.05, 0) is 86.0 Å². The van der Waals surface area contributed by atoms with Crippen LogP contribution in [0.2, 0.25) is 0 Å². The Morgan fingerprint density at radius 1 is 1.05 bits per heavy atom. The van der Waals surface area contributed by atoms with E-state index in [2.05, 4.69) is 9.64 Å². The van der Waals surface area contributed by atoms with Crippen LogP contribution in [0.1, 0.15) is 40.9 Å². The maximum Gasteiger partial charge on any atom is 0.337 e. The van der Waals surface area contributed by atoms with Gasteiger partial charge in [-0.15, -0.1) is 0 Å². The van der Waals surface area contributed by atoms with E-state index in [1.807, 2.05) is 32.0 Å². The largest absolute Gasteiger partial charge is 0.497 e. The molecule has 1 atom stereocenters. The van der Waals surface area contributed by atoms with Crippen LogP contribution in [0.25, 0.3) is 0 Å². The van der Waals surface area contributed by atoms with Gasteiger partial charge in [0.1, 0.15) is 17.4 Å². The summed E-state index contributed by atoms with van der Waals surface area (Å²) in [5, 5.41) is 23.2. The van der Waals surface area contributed by atoms with Gasteiger partial charge in [0.25, 0.3) is 0 Å². The van der Waals surface area contributed by atoms with E-state index in [0.29, 0.717) is 23.1 Å². The number of likely N-dealkylation sites (N-methyl/N-ethyl adjacent to an activating group) is 1. The summed E-state index contributed by atoms with van der Waals surface area (Å²) in [6, 6.07) is 15.5. The number of fused-ring (bicyclic) bond motifs is 1. The number of halogens is 2. The molecule has 3 aromatic carbocycles. The molecule has 0 saturated carbocycles. The number of nitrogens with one attached hydrogen (secondary N) is 2.